The van der Waals surface area contributed by atoms with Gasteiger partial charge >= 0.3 is 0 Å². The lowest BCUT2D eigenvalue weighted by atomic mass is 10.3. The molecule has 2 aromatic heterocycles. The number of hydrogen-bond donors (Lipinski definition) is 0. The van der Waals surface area contributed by atoms with Crippen molar-refractivity contribution in [2.45, 2.75) is 12.8 Å². The smallest absolute Gasteiger partial charge is 0.142 e. The first kappa shape index (κ1) is 9.21. The highest BCUT2D eigenvalue weighted by Crippen LogP contribution is 2.14. The maximum Gasteiger partial charge on any atom is 0.142 e. The second kappa shape index (κ2) is 3.80. The first-order valence-electron chi connectivity index (χ1n) is 4.33. The monoisotopic (exact) mass is 207 g/mol. The normalized spacial score (nSPS) is 10.4. The van der Waals surface area contributed by atoms with Crippen molar-refractivity contribution in [3.63, 3.8) is 0 Å². The maximum atomic E-state index is 5.83. The van der Waals surface area contributed by atoms with Gasteiger partial charge in [-0.1, -0.05) is 6.07 Å². The molecule has 0 aromatic carbocycles. The molecule has 0 unspecified atom stereocenters. The quantitative estimate of drug-likeness (QED) is 0.708. The van der Waals surface area contributed by atoms with Gasteiger partial charge in [-0.3, -0.25) is 4.57 Å². The van der Waals surface area contributed by atoms with Crippen LogP contribution in [0.2, 0.25) is 0 Å². The average molecular weight is 208 g/mol. The van der Waals surface area contributed by atoms with Crippen LogP contribution in [0.3, 0.4) is 0 Å². The summed E-state index contributed by atoms with van der Waals surface area (Å²) in [6.07, 6.45) is 5.39. The van der Waals surface area contributed by atoms with Crippen molar-refractivity contribution in [1.82, 2.24) is 14.5 Å². The van der Waals surface area contributed by atoms with Crippen LogP contribution in [0, 0.1) is 6.92 Å². The van der Waals surface area contributed by atoms with Crippen molar-refractivity contribution in [3.05, 3.63) is 42.1 Å². The number of alkyl halides is 1. The molecule has 0 saturated heterocycles. The zero-order valence-electron chi connectivity index (χ0n) is 7.81. The number of aryl methyl sites for hydroxylation is 1. The van der Waals surface area contributed by atoms with Crippen LogP contribution in [-0.4, -0.2) is 14.5 Å². The molecular weight excluding hydrogens is 198 g/mol. The third-order valence-corrected chi connectivity index (χ3v) is 2.35. The standard InChI is InChI=1S/C10H10ClN3/c1-8-12-5-6-14(8)10-9(7-11)3-2-4-13-10/h2-6H,7H2,1H3. The predicted octanol–water partition coefficient (Wildman–Crippen LogP) is 2.31. The summed E-state index contributed by atoms with van der Waals surface area (Å²) in [5.41, 5.74) is 1.01. The van der Waals surface area contributed by atoms with Crippen molar-refractivity contribution in [3.8, 4) is 5.82 Å². The second-order valence-electron chi connectivity index (χ2n) is 2.96. The van der Waals surface area contributed by atoms with Crippen LogP contribution in [0.25, 0.3) is 5.82 Å². The molecule has 72 valence electrons. The number of halogens is 1. The number of nitrogens with zero attached hydrogens (tertiary/aromatic N) is 3. The molecule has 0 saturated carbocycles. The van der Waals surface area contributed by atoms with E-state index in [4.69, 9.17) is 11.6 Å². The number of aromatic nitrogens is 3. The van der Waals surface area contributed by atoms with Gasteiger partial charge in [0, 0.05) is 24.2 Å². The molecule has 4 heteroatoms. The van der Waals surface area contributed by atoms with Gasteiger partial charge in [-0.15, -0.1) is 11.6 Å². The molecule has 0 aliphatic carbocycles. The number of hydrogen-bond acceptors (Lipinski definition) is 2. The largest absolute Gasteiger partial charge is 0.288 e. The summed E-state index contributed by atoms with van der Waals surface area (Å²) in [4.78, 5) is 8.44. The van der Waals surface area contributed by atoms with Crippen LogP contribution >= 0.6 is 11.6 Å². The minimum absolute atomic E-state index is 0.459. The first-order chi connectivity index (χ1) is 6.83. The lowest BCUT2D eigenvalue weighted by Crippen LogP contribution is -2.02. The molecule has 2 aromatic rings. The molecule has 0 bridgehead atoms. The highest BCUT2D eigenvalue weighted by atomic mass is 35.5. The summed E-state index contributed by atoms with van der Waals surface area (Å²) in [6, 6.07) is 3.85. The van der Waals surface area contributed by atoms with E-state index >= 15 is 0 Å². The third-order valence-electron chi connectivity index (χ3n) is 2.07. The van der Waals surface area contributed by atoms with E-state index in [-0.39, 0.29) is 0 Å². The number of imidazole rings is 1. The van der Waals surface area contributed by atoms with Gasteiger partial charge in [-0.05, 0) is 13.0 Å². The summed E-state index contributed by atoms with van der Waals surface area (Å²) >= 11 is 5.83. The molecule has 14 heavy (non-hydrogen) atoms. The van der Waals surface area contributed by atoms with E-state index in [2.05, 4.69) is 9.97 Å². The van der Waals surface area contributed by atoms with Crippen molar-refractivity contribution in [2.75, 3.05) is 0 Å². The fourth-order valence-electron chi connectivity index (χ4n) is 1.35. The topological polar surface area (TPSA) is 30.7 Å². The molecule has 0 spiro atoms. The van der Waals surface area contributed by atoms with Crippen LogP contribution in [0.15, 0.2) is 30.7 Å². The molecule has 0 amide bonds. The lowest BCUT2D eigenvalue weighted by Gasteiger charge is -2.07. The minimum atomic E-state index is 0.459. The first-order valence-corrected chi connectivity index (χ1v) is 4.86. The Balaban J connectivity index is 2.56. The van der Waals surface area contributed by atoms with E-state index in [0.29, 0.717) is 5.88 Å². The lowest BCUT2D eigenvalue weighted by molar-refractivity contribution is 0.917. The summed E-state index contributed by atoms with van der Waals surface area (Å²) in [5.74, 6) is 2.23. The third kappa shape index (κ3) is 1.51. The Hall–Kier alpha value is -1.35. The van der Waals surface area contributed by atoms with E-state index in [9.17, 15) is 0 Å². The molecule has 0 aliphatic rings. The van der Waals surface area contributed by atoms with Gasteiger partial charge in [-0.2, -0.15) is 0 Å². The second-order valence-corrected chi connectivity index (χ2v) is 3.23. The molecule has 0 N–H and O–H groups in total. The van der Waals surface area contributed by atoms with Crippen LogP contribution in [0.1, 0.15) is 11.4 Å². The van der Waals surface area contributed by atoms with Crippen molar-refractivity contribution in [2.24, 2.45) is 0 Å². The molecule has 0 radical (unpaired) electrons. The fourth-order valence-corrected chi connectivity index (χ4v) is 1.56. The van der Waals surface area contributed by atoms with Gasteiger partial charge in [0.05, 0.1) is 5.88 Å². The molecular formula is C10H10ClN3. The maximum absolute atomic E-state index is 5.83. The predicted molar refractivity (Wildman–Crippen MR) is 55.7 cm³/mol. The average Bonchev–Trinajstić information content (AvgIpc) is 2.64. The van der Waals surface area contributed by atoms with Crippen molar-refractivity contribution >= 4 is 11.6 Å². The van der Waals surface area contributed by atoms with Gasteiger partial charge in [-0.25, -0.2) is 9.97 Å². The fraction of sp³-hybridized carbons (Fsp3) is 0.200. The minimum Gasteiger partial charge on any atom is -0.288 e. The molecule has 2 heterocycles. The highest BCUT2D eigenvalue weighted by molar-refractivity contribution is 6.17. The Labute approximate surface area is 87.4 Å². The van der Waals surface area contributed by atoms with E-state index < -0.39 is 0 Å². The van der Waals surface area contributed by atoms with E-state index in [0.717, 1.165) is 17.2 Å². The number of rotatable bonds is 2. The molecule has 0 aliphatic heterocycles. The SMILES string of the molecule is Cc1nccn1-c1ncccc1CCl. The number of pyridine rings is 1. The van der Waals surface area contributed by atoms with E-state index in [1.54, 1.807) is 12.4 Å². The summed E-state index contributed by atoms with van der Waals surface area (Å²) < 4.78 is 1.93. The van der Waals surface area contributed by atoms with Crippen molar-refractivity contribution in [1.29, 1.82) is 0 Å². The van der Waals surface area contributed by atoms with E-state index in [1.165, 1.54) is 0 Å². The zero-order valence-corrected chi connectivity index (χ0v) is 8.57. The van der Waals surface area contributed by atoms with Crippen LogP contribution in [-0.2, 0) is 5.88 Å². The van der Waals surface area contributed by atoms with Gasteiger partial charge in [0.1, 0.15) is 11.6 Å². The molecule has 0 fully saturated rings. The highest BCUT2D eigenvalue weighted by Gasteiger charge is 2.06. The Morgan fingerprint density at radius 3 is 2.86 bits per heavy atom. The summed E-state index contributed by atoms with van der Waals surface area (Å²) in [6.45, 7) is 1.94. The van der Waals surface area contributed by atoms with Gasteiger partial charge in [0.2, 0.25) is 0 Å². The van der Waals surface area contributed by atoms with Gasteiger partial charge in [0.15, 0.2) is 0 Å². The molecule has 0 atom stereocenters. The van der Waals surface area contributed by atoms with Crippen LogP contribution < -0.4 is 0 Å². The molecule has 3 nitrogen and oxygen atoms in total. The summed E-state index contributed by atoms with van der Waals surface area (Å²) in [5, 5.41) is 0. The summed E-state index contributed by atoms with van der Waals surface area (Å²) in [7, 11) is 0. The van der Waals surface area contributed by atoms with Crippen LogP contribution in [0.5, 0.6) is 0 Å². The Morgan fingerprint density at radius 2 is 2.21 bits per heavy atom. The van der Waals surface area contributed by atoms with Crippen molar-refractivity contribution < 1.29 is 0 Å². The van der Waals surface area contributed by atoms with E-state index in [1.807, 2.05) is 29.8 Å². The Morgan fingerprint density at radius 1 is 1.36 bits per heavy atom. The van der Waals surface area contributed by atoms with Gasteiger partial charge < -0.3 is 0 Å². The van der Waals surface area contributed by atoms with Crippen LogP contribution in [0.4, 0.5) is 0 Å². The zero-order chi connectivity index (χ0) is 9.97. The Bertz CT molecular complexity index is 436. The Kier molecular flexibility index (Phi) is 2.50. The molecule has 2 rings (SSSR count). The van der Waals surface area contributed by atoms with Gasteiger partial charge in [0.25, 0.3) is 0 Å².